The SMILES string of the molecule is C[C@H](NC(=O)[C@@H]1CCc2cnc(N[C@@H](c3ccccc3)C(C)(C)C)c(=O)n21)c1cc2c(s1)CNC2. The molecule has 2 aliphatic rings. The fraction of sp³-hybridized carbons (Fsp3) is 0.444. The molecular formula is C27H33N5O2S. The van der Waals surface area contributed by atoms with E-state index >= 15 is 0 Å². The van der Waals surface area contributed by atoms with Gasteiger partial charge in [0, 0.05) is 34.7 Å². The smallest absolute Gasteiger partial charge is 0.294 e. The summed E-state index contributed by atoms with van der Waals surface area (Å²) in [5.74, 6) is 0.171. The van der Waals surface area contributed by atoms with Crippen LogP contribution in [-0.4, -0.2) is 15.5 Å². The Bertz CT molecular complexity index is 1270. The molecule has 0 radical (unpaired) electrons. The standard InChI is InChI=1S/C27H33N5O2S/c1-16(21-12-18-13-28-15-22(18)35-21)30-25(33)20-11-10-19-14-29-24(26(34)32(19)20)31-23(27(2,3)4)17-8-6-5-7-9-17/h5-9,12,14,16,20,23,28H,10-11,13,15H2,1-4H3,(H,29,31)(H,30,33)/t16-,20-,23-/m0/s1. The molecule has 3 aromatic rings. The average molecular weight is 492 g/mol. The zero-order chi connectivity index (χ0) is 24.7. The van der Waals surface area contributed by atoms with E-state index in [1.165, 1.54) is 10.4 Å². The first-order valence-corrected chi connectivity index (χ1v) is 13.1. The first kappa shape index (κ1) is 23.8. The quantitative estimate of drug-likeness (QED) is 0.474. The normalized spacial score (nSPS) is 18.6. The topological polar surface area (TPSA) is 88.1 Å². The largest absolute Gasteiger partial charge is 0.358 e. The molecule has 3 atom stereocenters. The zero-order valence-electron chi connectivity index (χ0n) is 20.7. The number of aromatic nitrogens is 2. The molecule has 0 saturated heterocycles. The molecule has 35 heavy (non-hydrogen) atoms. The molecule has 184 valence electrons. The van der Waals surface area contributed by atoms with Crippen molar-refractivity contribution in [1.82, 2.24) is 20.2 Å². The Balaban J connectivity index is 1.38. The predicted molar refractivity (Wildman–Crippen MR) is 140 cm³/mol. The summed E-state index contributed by atoms with van der Waals surface area (Å²) in [6.45, 7) is 10.2. The van der Waals surface area contributed by atoms with Gasteiger partial charge in [0.25, 0.3) is 5.56 Å². The predicted octanol–water partition coefficient (Wildman–Crippen LogP) is 4.47. The summed E-state index contributed by atoms with van der Waals surface area (Å²) in [7, 11) is 0. The number of benzene rings is 1. The fourth-order valence-electron chi connectivity index (χ4n) is 5.06. The molecule has 3 N–H and O–H groups in total. The summed E-state index contributed by atoms with van der Waals surface area (Å²) < 4.78 is 1.64. The fourth-order valence-corrected chi connectivity index (χ4v) is 6.22. The lowest BCUT2D eigenvalue weighted by atomic mass is 9.82. The summed E-state index contributed by atoms with van der Waals surface area (Å²) in [5, 5.41) is 9.90. The first-order valence-electron chi connectivity index (χ1n) is 12.3. The number of anilines is 1. The highest BCUT2D eigenvalue weighted by Gasteiger charge is 2.33. The van der Waals surface area contributed by atoms with Gasteiger partial charge >= 0.3 is 0 Å². The monoisotopic (exact) mass is 491 g/mol. The van der Waals surface area contributed by atoms with E-state index in [2.05, 4.69) is 59.9 Å². The number of hydrogen-bond acceptors (Lipinski definition) is 6. The lowest BCUT2D eigenvalue weighted by molar-refractivity contribution is -0.124. The van der Waals surface area contributed by atoms with Gasteiger partial charge in [-0.05, 0) is 42.4 Å². The number of carbonyl (C=O) groups excluding carboxylic acids is 1. The van der Waals surface area contributed by atoms with Crippen molar-refractivity contribution in [2.45, 2.75) is 71.8 Å². The third kappa shape index (κ3) is 4.65. The molecule has 2 aliphatic heterocycles. The van der Waals surface area contributed by atoms with E-state index < -0.39 is 6.04 Å². The second-order valence-corrected chi connectivity index (χ2v) is 11.8. The molecule has 2 aromatic heterocycles. The second-order valence-electron chi connectivity index (χ2n) is 10.6. The molecule has 7 nitrogen and oxygen atoms in total. The summed E-state index contributed by atoms with van der Waals surface area (Å²) in [6, 6.07) is 11.6. The van der Waals surface area contributed by atoms with Crippen LogP contribution in [0.25, 0.3) is 0 Å². The molecule has 0 saturated carbocycles. The van der Waals surface area contributed by atoms with Crippen LogP contribution in [0.1, 0.15) is 78.8 Å². The highest BCUT2D eigenvalue weighted by Crippen LogP contribution is 2.35. The van der Waals surface area contributed by atoms with Gasteiger partial charge in [-0.1, -0.05) is 51.1 Å². The van der Waals surface area contributed by atoms with Crippen LogP contribution >= 0.6 is 11.3 Å². The molecular weight excluding hydrogens is 458 g/mol. The van der Waals surface area contributed by atoms with Crippen molar-refractivity contribution in [3.8, 4) is 0 Å². The van der Waals surface area contributed by atoms with Crippen molar-refractivity contribution in [2.24, 2.45) is 5.41 Å². The number of nitrogens with zero attached hydrogens (tertiary/aromatic N) is 2. The molecule has 0 fully saturated rings. The van der Waals surface area contributed by atoms with Crippen LogP contribution in [0.3, 0.4) is 0 Å². The summed E-state index contributed by atoms with van der Waals surface area (Å²) in [6.07, 6.45) is 3.00. The molecule has 1 amide bonds. The van der Waals surface area contributed by atoms with Crippen LogP contribution in [-0.2, 0) is 24.3 Å². The molecule has 0 aliphatic carbocycles. The van der Waals surface area contributed by atoms with Crippen molar-refractivity contribution in [3.05, 3.63) is 79.5 Å². The van der Waals surface area contributed by atoms with Gasteiger partial charge < -0.3 is 16.0 Å². The molecule has 8 heteroatoms. The number of rotatable bonds is 6. The number of aryl methyl sites for hydroxylation is 1. The van der Waals surface area contributed by atoms with Crippen molar-refractivity contribution in [2.75, 3.05) is 5.32 Å². The lowest BCUT2D eigenvalue weighted by Crippen LogP contribution is -2.38. The van der Waals surface area contributed by atoms with Gasteiger partial charge in [-0.15, -0.1) is 11.3 Å². The van der Waals surface area contributed by atoms with E-state index in [4.69, 9.17) is 0 Å². The maximum atomic E-state index is 13.6. The number of nitrogens with one attached hydrogen (secondary N) is 3. The number of amides is 1. The van der Waals surface area contributed by atoms with Gasteiger partial charge in [0.1, 0.15) is 6.04 Å². The molecule has 5 rings (SSSR count). The highest BCUT2D eigenvalue weighted by molar-refractivity contribution is 7.12. The van der Waals surface area contributed by atoms with Crippen molar-refractivity contribution < 1.29 is 4.79 Å². The minimum Gasteiger partial charge on any atom is -0.358 e. The molecule has 0 spiro atoms. The van der Waals surface area contributed by atoms with E-state index in [0.717, 1.165) is 29.2 Å². The molecule has 1 aromatic carbocycles. The van der Waals surface area contributed by atoms with Crippen molar-refractivity contribution in [1.29, 1.82) is 0 Å². The van der Waals surface area contributed by atoms with Gasteiger partial charge in [0.05, 0.1) is 12.1 Å². The maximum Gasteiger partial charge on any atom is 0.294 e. The Kier molecular flexibility index (Phi) is 6.27. The first-order chi connectivity index (χ1) is 16.7. The summed E-state index contributed by atoms with van der Waals surface area (Å²) in [4.78, 5) is 33.9. The zero-order valence-corrected chi connectivity index (χ0v) is 21.5. The van der Waals surface area contributed by atoms with Crippen LogP contribution in [0.4, 0.5) is 5.82 Å². The van der Waals surface area contributed by atoms with Gasteiger partial charge in [-0.25, -0.2) is 4.98 Å². The minimum atomic E-state index is -0.526. The van der Waals surface area contributed by atoms with E-state index in [1.807, 2.05) is 25.1 Å². The van der Waals surface area contributed by atoms with E-state index in [1.54, 1.807) is 22.1 Å². The van der Waals surface area contributed by atoms with Crippen LogP contribution in [0, 0.1) is 5.41 Å². The third-order valence-corrected chi connectivity index (χ3v) is 8.30. The van der Waals surface area contributed by atoms with Gasteiger partial charge in [0.2, 0.25) is 5.91 Å². The van der Waals surface area contributed by atoms with Crippen LogP contribution in [0.2, 0.25) is 0 Å². The Hall–Kier alpha value is -2.97. The third-order valence-electron chi connectivity index (χ3n) is 6.94. The second kappa shape index (κ2) is 9.24. The van der Waals surface area contributed by atoms with Crippen molar-refractivity contribution >= 4 is 23.1 Å². The Morgan fingerprint density at radius 1 is 1.23 bits per heavy atom. The van der Waals surface area contributed by atoms with Gasteiger partial charge in [-0.2, -0.15) is 0 Å². The maximum absolute atomic E-state index is 13.6. The number of fused-ring (bicyclic) bond motifs is 2. The summed E-state index contributed by atoms with van der Waals surface area (Å²) in [5.41, 5.74) is 2.83. The molecule has 0 unspecified atom stereocenters. The van der Waals surface area contributed by atoms with Crippen molar-refractivity contribution in [3.63, 3.8) is 0 Å². The number of carbonyl (C=O) groups is 1. The molecule has 0 bridgehead atoms. The summed E-state index contributed by atoms with van der Waals surface area (Å²) >= 11 is 1.75. The van der Waals surface area contributed by atoms with Crippen LogP contribution < -0.4 is 21.5 Å². The van der Waals surface area contributed by atoms with Gasteiger partial charge in [0.15, 0.2) is 5.82 Å². The van der Waals surface area contributed by atoms with E-state index in [9.17, 15) is 9.59 Å². The van der Waals surface area contributed by atoms with Crippen LogP contribution in [0.15, 0.2) is 47.4 Å². The van der Waals surface area contributed by atoms with Crippen LogP contribution in [0.5, 0.6) is 0 Å². The highest BCUT2D eigenvalue weighted by atomic mass is 32.1. The van der Waals surface area contributed by atoms with E-state index in [-0.39, 0.29) is 34.8 Å². The number of thiophene rings is 1. The van der Waals surface area contributed by atoms with E-state index in [0.29, 0.717) is 12.8 Å². The lowest BCUT2D eigenvalue weighted by Gasteiger charge is -2.32. The minimum absolute atomic E-state index is 0.0966. The molecule has 4 heterocycles. The Morgan fingerprint density at radius 3 is 2.71 bits per heavy atom. The van der Waals surface area contributed by atoms with Gasteiger partial charge in [-0.3, -0.25) is 14.2 Å². The number of hydrogen-bond donors (Lipinski definition) is 3. The average Bonchev–Trinajstić information content (AvgIpc) is 3.53. The Morgan fingerprint density at radius 2 is 2.00 bits per heavy atom. The Labute approximate surface area is 210 Å².